The quantitative estimate of drug-likeness (QED) is 0.0552. The molecule has 6 N–H and O–H groups in total. The van der Waals surface area contributed by atoms with E-state index in [1.165, 1.54) is 5.57 Å². The lowest BCUT2D eigenvalue weighted by Gasteiger charge is -2.31. The van der Waals surface area contributed by atoms with Gasteiger partial charge >= 0.3 is 11.9 Å². The van der Waals surface area contributed by atoms with Gasteiger partial charge in [0.15, 0.2) is 0 Å². The van der Waals surface area contributed by atoms with Crippen LogP contribution in [0, 0.1) is 29.6 Å². The number of esters is 1. The van der Waals surface area contributed by atoms with Gasteiger partial charge in [0, 0.05) is 25.9 Å². The van der Waals surface area contributed by atoms with Gasteiger partial charge in [-0.1, -0.05) is 94.9 Å². The molecule has 0 aromatic rings. The van der Waals surface area contributed by atoms with Crippen molar-refractivity contribution in [3.63, 3.8) is 0 Å². The minimum Gasteiger partial charge on any atom is -0.481 e. The van der Waals surface area contributed by atoms with Crippen molar-refractivity contribution in [2.75, 3.05) is 7.11 Å². The number of hydrogen-bond donors (Lipinski definition) is 6. The molecule has 1 aliphatic rings. The molecule has 10 heteroatoms. The molecule has 0 radical (unpaired) electrons. The number of aliphatic hydroxyl groups is 5. The Hall–Kier alpha value is -2.60. The van der Waals surface area contributed by atoms with Crippen molar-refractivity contribution in [3.05, 3.63) is 60.3 Å². The van der Waals surface area contributed by atoms with Crippen LogP contribution in [0.2, 0.25) is 0 Å². The van der Waals surface area contributed by atoms with Crippen LogP contribution >= 0.6 is 0 Å². The van der Waals surface area contributed by atoms with Crippen molar-refractivity contribution < 1.29 is 49.7 Å². The van der Waals surface area contributed by atoms with Crippen LogP contribution in [0.4, 0.5) is 0 Å². The van der Waals surface area contributed by atoms with Gasteiger partial charge in [-0.15, -0.1) is 0 Å². The zero-order valence-corrected chi connectivity index (χ0v) is 34.8. The van der Waals surface area contributed by atoms with Crippen LogP contribution in [0.5, 0.6) is 0 Å². The molecule has 55 heavy (non-hydrogen) atoms. The maximum atomic E-state index is 13.3. The van der Waals surface area contributed by atoms with E-state index in [1.807, 2.05) is 63.3 Å². The van der Waals surface area contributed by atoms with Gasteiger partial charge < -0.3 is 40.1 Å². The normalized spacial score (nSPS) is 30.0. The van der Waals surface area contributed by atoms with E-state index in [1.54, 1.807) is 14.0 Å². The molecule has 0 saturated heterocycles. The minimum absolute atomic E-state index is 0.0110. The molecule has 0 aromatic heterocycles. The zero-order valence-electron chi connectivity index (χ0n) is 34.8. The maximum absolute atomic E-state index is 13.3. The van der Waals surface area contributed by atoms with Crippen molar-refractivity contribution in [3.8, 4) is 0 Å². The van der Waals surface area contributed by atoms with E-state index in [0.717, 1.165) is 32.1 Å². The van der Waals surface area contributed by atoms with E-state index in [-0.39, 0.29) is 55.5 Å². The van der Waals surface area contributed by atoms with E-state index in [9.17, 15) is 35.1 Å². The number of aliphatic carboxylic acids is 1. The average molecular weight is 777 g/mol. The number of carbonyl (C=O) groups excluding carboxylic acids is 1. The summed E-state index contributed by atoms with van der Waals surface area (Å²) in [5.74, 6) is -2.11. The van der Waals surface area contributed by atoms with Crippen molar-refractivity contribution in [1.82, 2.24) is 0 Å². The predicted octanol–water partition coefficient (Wildman–Crippen LogP) is 7.63. The Bertz CT molecular complexity index is 1210. The number of carboxylic acid groups (broad SMARTS) is 1. The summed E-state index contributed by atoms with van der Waals surface area (Å²) >= 11 is 0. The van der Waals surface area contributed by atoms with Crippen LogP contribution in [0.15, 0.2) is 60.3 Å². The highest BCUT2D eigenvalue weighted by Crippen LogP contribution is 2.28. The van der Waals surface area contributed by atoms with Crippen molar-refractivity contribution in [2.45, 2.75) is 174 Å². The van der Waals surface area contributed by atoms with Crippen LogP contribution in [-0.4, -0.2) is 92.4 Å². The van der Waals surface area contributed by atoms with Crippen molar-refractivity contribution >= 4 is 11.9 Å². The summed E-state index contributed by atoms with van der Waals surface area (Å²) in [6.45, 7) is 11.7. The van der Waals surface area contributed by atoms with Crippen LogP contribution in [-0.2, 0) is 19.1 Å². The highest BCUT2D eigenvalue weighted by atomic mass is 16.5. The third kappa shape index (κ3) is 23.3. The van der Waals surface area contributed by atoms with Crippen LogP contribution in [0.1, 0.15) is 131 Å². The number of ether oxygens (including phenoxy) is 2. The third-order valence-electron chi connectivity index (χ3n) is 11.2. The molecular formula is C45H76O10. The highest BCUT2D eigenvalue weighted by Gasteiger charge is 2.32. The molecule has 0 fully saturated rings. The standard InChI is InChI=1S/C45H76O10/c1-31(18-13-9-8-10-15-20-37(46)27-32(2)24-25-44(51)52)26-34(4)35(5)43-28-38(47)21-17-23-39(54-7)22-16-12-11-14-19-33(3)40(48)29-41(49)36(6)42(50)30-45(53)55-43/h8-12,14-16,26,32-43,46-50H,13,17-25,27-30H2,1-7H3,(H,51,52). The largest absolute Gasteiger partial charge is 0.481 e. The molecule has 0 bridgehead atoms. The minimum atomic E-state index is -1.16. The first kappa shape index (κ1) is 50.4. The maximum Gasteiger partial charge on any atom is 0.308 e. The Kier molecular flexibility index (Phi) is 26.3. The SMILES string of the molecule is COC1CC=CC=CCC(C)C(O)CC(O)C(C)C(O)CC(=O)OC(C(C)C(C)C=C(C)CCC=CC=CCC(O)CC(C)CCC(=O)O)CC(O)CCC1. The molecular weight excluding hydrogens is 700 g/mol. The Labute approximate surface area is 332 Å². The molecule has 0 aliphatic carbocycles. The number of cyclic esters (lactones) is 1. The van der Waals surface area contributed by atoms with Crippen molar-refractivity contribution in [1.29, 1.82) is 0 Å². The monoisotopic (exact) mass is 777 g/mol. The second kappa shape index (κ2) is 28.7. The van der Waals surface area contributed by atoms with Gasteiger partial charge in [0.1, 0.15) is 6.10 Å². The summed E-state index contributed by atoms with van der Waals surface area (Å²) in [5, 5.41) is 62.7. The molecule has 1 heterocycles. The Morgan fingerprint density at radius 3 is 2.29 bits per heavy atom. The lowest BCUT2D eigenvalue weighted by molar-refractivity contribution is -0.157. The topological polar surface area (TPSA) is 174 Å². The summed E-state index contributed by atoms with van der Waals surface area (Å²) in [4.78, 5) is 24.0. The summed E-state index contributed by atoms with van der Waals surface area (Å²) in [6, 6.07) is 0. The lowest BCUT2D eigenvalue weighted by atomic mass is 9.85. The summed E-state index contributed by atoms with van der Waals surface area (Å²) in [6.07, 6.45) is 20.2. The first-order chi connectivity index (χ1) is 26.0. The van der Waals surface area contributed by atoms with E-state index in [4.69, 9.17) is 14.6 Å². The van der Waals surface area contributed by atoms with E-state index < -0.39 is 54.5 Å². The number of hydrogen-bond acceptors (Lipinski definition) is 9. The Balaban J connectivity index is 2.93. The van der Waals surface area contributed by atoms with Crippen LogP contribution in [0.3, 0.4) is 0 Å². The number of carboxylic acids is 1. The van der Waals surface area contributed by atoms with E-state index in [2.05, 4.69) is 26.0 Å². The number of methoxy groups -OCH3 is 1. The van der Waals surface area contributed by atoms with Gasteiger partial charge in [0.25, 0.3) is 0 Å². The van der Waals surface area contributed by atoms with Gasteiger partial charge in [0.2, 0.25) is 0 Å². The van der Waals surface area contributed by atoms with Crippen molar-refractivity contribution in [2.24, 2.45) is 29.6 Å². The van der Waals surface area contributed by atoms with E-state index >= 15 is 0 Å². The van der Waals surface area contributed by atoms with Gasteiger partial charge in [0.05, 0.1) is 43.0 Å². The summed E-state index contributed by atoms with van der Waals surface area (Å²) < 4.78 is 11.7. The molecule has 1 aliphatic heterocycles. The molecule has 0 amide bonds. The fourth-order valence-corrected chi connectivity index (χ4v) is 6.90. The fraction of sp³-hybridized carbons (Fsp3) is 0.733. The number of carbonyl (C=O) groups is 2. The summed E-state index contributed by atoms with van der Waals surface area (Å²) in [5.41, 5.74) is 1.19. The first-order valence-corrected chi connectivity index (χ1v) is 20.7. The van der Waals surface area contributed by atoms with Crippen LogP contribution in [0.25, 0.3) is 0 Å². The lowest BCUT2D eigenvalue weighted by Crippen LogP contribution is -2.37. The molecule has 10 nitrogen and oxygen atoms in total. The molecule has 1 rings (SSSR count). The number of allylic oxidation sites excluding steroid dienone is 8. The Morgan fingerprint density at radius 2 is 1.62 bits per heavy atom. The average Bonchev–Trinajstić information content (AvgIpc) is 3.12. The number of rotatable bonds is 15. The molecule has 0 spiro atoms. The number of aliphatic hydroxyl groups excluding tert-OH is 5. The molecule has 316 valence electrons. The molecule has 12 atom stereocenters. The zero-order chi connectivity index (χ0) is 41.3. The van der Waals surface area contributed by atoms with Gasteiger partial charge in [-0.25, -0.2) is 0 Å². The second-order valence-corrected chi connectivity index (χ2v) is 16.3. The molecule has 0 aromatic carbocycles. The Morgan fingerprint density at radius 1 is 0.945 bits per heavy atom. The van der Waals surface area contributed by atoms with Gasteiger partial charge in [-0.2, -0.15) is 0 Å². The highest BCUT2D eigenvalue weighted by molar-refractivity contribution is 5.70. The van der Waals surface area contributed by atoms with Gasteiger partial charge in [-0.05, 0) is 101 Å². The second-order valence-electron chi connectivity index (χ2n) is 16.3. The van der Waals surface area contributed by atoms with E-state index in [0.29, 0.717) is 32.1 Å². The van der Waals surface area contributed by atoms with Gasteiger partial charge in [-0.3, -0.25) is 9.59 Å². The first-order valence-electron chi connectivity index (χ1n) is 20.7. The predicted molar refractivity (Wildman–Crippen MR) is 219 cm³/mol. The summed E-state index contributed by atoms with van der Waals surface area (Å²) in [7, 11) is 1.69. The smallest absolute Gasteiger partial charge is 0.308 e. The molecule has 0 saturated carbocycles. The van der Waals surface area contributed by atoms with Crippen LogP contribution < -0.4 is 0 Å². The fourth-order valence-electron chi connectivity index (χ4n) is 6.90. The molecule has 12 unspecified atom stereocenters. The third-order valence-corrected chi connectivity index (χ3v) is 11.2.